The Morgan fingerprint density at radius 1 is 0.750 bits per heavy atom. The van der Waals surface area contributed by atoms with Gasteiger partial charge in [0.15, 0.2) is 0 Å². The molecule has 1 aliphatic heterocycles. The summed E-state index contributed by atoms with van der Waals surface area (Å²) in [6, 6.07) is 5.29. The molecule has 0 aliphatic carbocycles. The Bertz CT molecular complexity index is 672. The SMILES string of the molecule is CCCCCCCCCCCCCC[C@@H](O)[C@@H](O)[C@@H](CO)N1C(=O)c2ccccc2C1=O. The second-order valence-electron chi connectivity index (χ2n) is 9.01. The molecule has 0 bridgehead atoms. The Morgan fingerprint density at radius 3 is 1.62 bits per heavy atom. The summed E-state index contributed by atoms with van der Waals surface area (Å²) in [6.07, 6.45) is 12.4. The highest BCUT2D eigenvalue weighted by molar-refractivity contribution is 6.21. The number of aliphatic hydroxyl groups excluding tert-OH is 3. The smallest absolute Gasteiger partial charge is 0.261 e. The van der Waals surface area contributed by atoms with Crippen LogP contribution in [0.25, 0.3) is 0 Å². The van der Waals surface area contributed by atoms with Crippen LogP contribution >= 0.6 is 0 Å². The van der Waals surface area contributed by atoms with E-state index >= 15 is 0 Å². The van der Waals surface area contributed by atoms with Gasteiger partial charge in [-0.25, -0.2) is 0 Å². The number of carbonyl (C=O) groups excluding carboxylic acids is 2. The van der Waals surface area contributed by atoms with E-state index in [-0.39, 0.29) is 11.1 Å². The van der Waals surface area contributed by atoms with E-state index < -0.39 is 36.7 Å². The Labute approximate surface area is 192 Å². The van der Waals surface area contributed by atoms with Gasteiger partial charge in [-0.3, -0.25) is 14.5 Å². The normalized spacial score (nSPS) is 16.3. The molecule has 0 fully saturated rings. The average Bonchev–Trinajstić information content (AvgIpc) is 3.05. The summed E-state index contributed by atoms with van der Waals surface area (Å²) in [5.41, 5.74) is 0.525. The number of rotatable bonds is 17. The molecular formula is C26H41NO5. The zero-order valence-corrected chi connectivity index (χ0v) is 19.5. The lowest BCUT2D eigenvalue weighted by atomic mass is 9.98. The Kier molecular flexibility index (Phi) is 11.9. The highest BCUT2D eigenvalue weighted by Gasteiger charge is 2.43. The largest absolute Gasteiger partial charge is 0.394 e. The molecule has 0 radical (unpaired) electrons. The number of amides is 2. The summed E-state index contributed by atoms with van der Waals surface area (Å²) >= 11 is 0. The number of fused-ring (bicyclic) bond motifs is 1. The first-order valence-corrected chi connectivity index (χ1v) is 12.5. The van der Waals surface area contributed by atoms with Crippen LogP contribution < -0.4 is 0 Å². The molecule has 6 heteroatoms. The predicted molar refractivity (Wildman–Crippen MR) is 126 cm³/mol. The van der Waals surface area contributed by atoms with Crippen molar-refractivity contribution < 1.29 is 24.9 Å². The highest BCUT2D eigenvalue weighted by atomic mass is 16.3. The van der Waals surface area contributed by atoms with Gasteiger partial charge in [-0.2, -0.15) is 0 Å². The van der Waals surface area contributed by atoms with E-state index in [4.69, 9.17) is 0 Å². The molecule has 2 amide bonds. The molecule has 32 heavy (non-hydrogen) atoms. The lowest BCUT2D eigenvalue weighted by Crippen LogP contribution is -2.53. The number of benzene rings is 1. The molecule has 0 saturated carbocycles. The van der Waals surface area contributed by atoms with Gasteiger partial charge in [0.05, 0.1) is 29.9 Å². The van der Waals surface area contributed by atoms with Crippen LogP contribution in [0.15, 0.2) is 24.3 Å². The van der Waals surface area contributed by atoms with E-state index in [0.29, 0.717) is 6.42 Å². The summed E-state index contributed by atoms with van der Waals surface area (Å²) in [5, 5.41) is 30.8. The van der Waals surface area contributed by atoms with Crippen molar-refractivity contribution in [2.24, 2.45) is 0 Å². The van der Waals surface area contributed by atoms with Crippen molar-refractivity contribution in [1.82, 2.24) is 4.90 Å². The van der Waals surface area contributed by atoms with Crippen LogP contribution in [0.2, 0.25) is 0 Å². The Morgan fingerprint density at radius 2 is 1.19 bits per heavy atom. The summed E-state index contributed by atoms with van der Waals surface area (Å²) < 4.78 is 0. The molecule has 0 saturated heterocycles. The predicted octanol–water partition coefficient (Wildman–Crippen LogP) is 4.46. The van der Waals surface area contributed by atoms with Crippen molar-refractivity contribution in [3.63, 3.8) is 0 Å². The quantitative estimate of drug-likeness (QED) is 0.242. The van der Waals surface area contributed by atoms with Crippen molar-refractivity contribution in [1.29, 1.82) is 0 Å². The Balaban J connectivity index is 1.65. The third kappa shape index (κ3) is 7.39. The summed E-state index contributed by atoms with van der Waals surface area (Å²) in [4.78, 5) is 26.1. The molecule has 6 nitrogen and oxygen atoms in total. The molecule has 180 valence electrons. The van der Waals surface area contributed by atoms with Gasteiger partial charge in [0.25, 0.3) is 11.8 Å². The van der Waals surface area contributed by atoms with Gasteiger partial charge >= 0.3 is 0 Å². The van der Waals surface area contributed by atoms with Crippen molar-refractivity contribution in [2.45, 2.75) is 109 Å². The van der Waals surface area contributed by atoms with Crippen LogP contribution in [0.1, 0.15) is 111 Å². The first-order valence-electron chi connectivity index (χ1n) is 12.5. The number of imide groups is 1. The summed E-state index contributed by atoms with van der Waals surface area (Å²) in [5.74, 6) is -1.08. The van der Waals surface area contributed by atoms with E-state index in [2.05, 4.69) is 6.92 Å². The summed E-state index contributed by atoms with van der Waals surface area (Å²) in [7, 11) is 0. The Hall–Kier alpha value is -1.76. The van der Waals surface area contributed by atoms with Crippen LogP contribution in [0.3, 0.4) is 0 Å². The number of aliphatic hydroxyl groups is 3. The molecule has 0 spiro atoms. The van der Waals surface area contributed by atoms with Gasteiger partial charge in [-0.1, -0.05) is 96.1 Å². The van der Waals surface area contributed by atoms with E-state index in [9.17, 15) is 24.9 Å². The van der Waals surface area contributed by atoms with E-state index in [1.54, 1.807) is 24.3 Å². The number of carbonyl (C=O) groups is 2. The lowest BCUT2D eigenvalue weighted by Gasteiger charge is -2.31. The minimum absolute atomic E-state index is 0.263. The number of hydrogen-bond acceptors (Lipinski definition) is 5. The monoisotopic (exact) mass is 447 g/mol. The van der Waals surface area contributed by atoms with Crippen LogP contribution in [0.5, 0.6) is 0 Å². The third-order valence-corrected chi connectivity index (χ3v) is 6.49. The maximum atomic E-state index is 12.6. The zero-order valence-electron chi connectivity index (χ0n) is 19.5. The van der Waals surface area contributed by atoms with Gasteiger partial charge in [0.1, 0.15) is 6.10 Å². The zero-order chi connectivity index (χ0) is 23.3. The number of nitrogens with zero attached hydrogens (tertiary/aromatic N) is 1. The second kappa shape index (κ2) is 14.4. The molecule has 3 atom stereocenters. The molecule has 2 rings (SSSR count). The van der Waals surface area contributed by atoms with E-state index in [1.165, 1.54) is 57.8 Å². The van der Waals surface area contributed by atoms with Crippen molar-refractivity contribution in [3.8, 4) is 0 Å². The highest BCUT2D eigenvalue weighted by Crippen LogP contribution is 2.26. The first-order chi connectivity index (χ1) is 15.5. The van der Waals surface area contributed by atoms with Gasteiger partial charge in [0.2, 0.25) is 0 Å². The molecule has 3 N–H and O–H groups in total. The molecule has 1 aromatic carbocycles. The molecule has 0 aromatic heterocycles. The maximum Gasteiger partial charge on any atom is 0.261 e. The van der Waals surface area contributed by atoms with Gasteiger partial charge in [0, 0.05) is 0 Å². The van der Waals surface area contributed by atoms with Gasteiger partial charge in [-0.05, 0) is 18.6 Å². The molecule has 1 aliphatic rings. The first kappa shape index (κ1) is 26.5. The fourth-order valence-corrected chi connectivity index (χ4v) is 4.47. The van der Waals surface area contributed by atoms with E-state index in [0.717, 1.165) is 24.2 Å². The van der Waals surface area contributed by atoms with Gasteiger partial charge in [-0.15, -0.1) is 0 Å². The van der Waals surface area contributed by atoms with Crippen LogP contribution in [0, 0.1) is 0 Å². The molecule has 1 heterocycles. The topological polar surface area (TPSA) is 98.1 Å². The second-order valence-corrected chi connectivity index (χ2v) is 9.01. The van der Waals surface area contributed by atoms with Crippen molar-refractivity contribution in [2.75, 3.05) is 6.61 Å². The maximum absolute atomic E-state index is 12.6. The van der Waals surface area contributed by atoms with Crippen LogP contribution in [-0.2, 0) is 0 Å². The fraction of sp³-hybridized carbons (Fsp3) is 0.692. The minimum Gasteiger partial charge on any atom is -0.394 e. The molecular weight excluding hydrogens is 406 g/mol. The average molecular weight is 448 g/mol. The third-order valence-electron chi connectivity index (χ3n) is 6.49. The summed E-state index contributed by atoms with van der Waals surface area (Å²) in [6.45, 7) is 1.64. The number of unbranched alkanes of at least 4 members (excludes halogenated alkanes) is 11. The fourth-order valence-electron chi connectivity index (χ4n) is 4.47. The van der Waals surface area contributed by atoms with Crippen LogP contribution in [0.4, 0.5) is 0 Å². The standard InChI is InChI=1S/C26H41NO5/c1-2-3-4-5-6-7-8-9-10-11-12-13-18-23(29)24(30)22(19-28)27-25(31)20-16-14-15-17-21(20)26(27)32/h14-17,22-24,28-30H,2-13,18-19H2,1H3/t22-,23-,24+/m1/s1. The number of hydrogen-bond donors (Lipinski definition) is 3. The lowest BCUT2D eigenvalue weighted by molar-refractivity contribution is -0.0441. The van der Waals surface area contributed by atoms with Gasteiger partial charge < -0.3 is 15.3 Å². The van der Waals surface area contributed by atoms with Crippen LogP contribution in [-0.4, -0.2) is 56.9 Å². The molecule has 0 unspecified atom stereocenters. The van der Waals surface area contributed by atoms with Crippen molar-refractivity contribution in [3.05, 3.63) is 35.4 Å². The molecule has 1 aromatic rings. The van der Waals surface area contributed by atoms with E-state index in [1.807, 2.05) is 0 Å². The van der Waals surface area contributed by atoms with Crippen molar-refractivity contribution >= 4 is 11.8 Å². The minimum atomic E-state index is -1.38.